The number of hydrogen-bond donors (Lipinski definition) is 2. The van der Waals surface area contributed by atoms with Crippen LogP contribution in [0.5, 0.6) is 0 Å². The number of nitrogens with one attached hydrogen (secondary N) is 1. The maximum absolute atomic E-state index is 12.4. The number of amides is 2. The number of benzene rings is 1. The van der Waals surface area contributed by atoms with Gasteiger partial charge in [-0.1, -0.05) is 6.92 Å². The number of carbonyl (C=O) groups is 2. The summed E-state index contributed by atoms with van der Waals surface area (Å²) in [7, 11) is 0. The van der Waals surface area contributed by atoms with Gasteiger partial charge in [-0.25, -0.2) is 0 Å². The second kappa shape index (κ2) is 8.08. The normalized spacial score (nSPS) is 18.2. The summed E-state index contributed by atoms with van der Waals surface area (Å²) in [5, 5.41) is 2.90. The monoisotopic (exact) mass is 318 g/mol. The smallest absolute Gasteiger partial charge is 0.248 e. The number of anilines is 1. The molecule has 0 saturated carbocycles. The van der Waals surface area contributed by atoms with Crippen molar-refractivity contribution in [2.24, 2.45) is 5.73 Å². The maximum atomic E-state index is 12.4. The Morgan fingerprint density at radius 2 is 1.87 bits per heavy atom. The first-order chi connectivity index (χ1) is 11.0. The SMILES string of the molecule is CCN1CCCN([C@@H](C)C(=O)Nc2ccc(C(N)=O)cc2)CC1. The van der Waals surface area contributed by atoms with Crippen LogP contribution in [0.4, 0.5) is 5.69 Å². The zero-order valence-corrected chi connectivity index (χ0v) is 13.9. The van der Waals surface area contributed by atoms with Gasteiger partial charge >= 0.3 is 0 Å². The fraction of sp³-hybridized carbons (Fsp3) is 0.529. The van der Waals surface area contributed by atoms with Gasteiger partial charge in [-0.2, -0.15) is 0 Å². The van der Waals surface area contributed by atoms with Crippen molar-refractivity contribution >= 4 is 17.5 Å². The van der Waals surface area contributed by atoms with Crippen molar-refractivity contribution in [2.75, 3.05) is 38.0 Å². The Bertz CT molecular complexity index is 544. The third-order valence-corrected chi connectivity index (χ3v) is 4.43. The molecule has 0 aliphatic carbocycles. The van der Waals surface area contributed by atoms with E-state index in [1.54, 1.807) is 24.3 Å². The van der Waals surface area contributed by atoms with E-state index in [4.69, 9.17) is 5.73 Å². The first-order valence-electron chi connectivity index (χ1n) is 8.18. The molecule has 0 unspecified atom stereocenters. The number of hydrogen-bond acceptors (Lipinski definition) is 4. The van der Waals surface area contributed by atoms with Crippen LogP contribution in [0.2, 0.25) is 0 Å². The highest BCUT2D eigenvalue weighted by atomic mass is 16.2. The summed E-state index contributed by atoms with van der Waals surface area (Å²) >= 11 is 0. The number of primary amides is 1. The van der Waals surface area contributed by atoms with Crippen molar-refractivity contribution in [3.05, 3.63) is 29.8 Å². The van der Waals surface area contributed by atoms with Crippen molar-refractivity contribution in [1.82, 2.24) is 9.80 Å². The molecule has 1 aromatic rings. The van der Waals surface area contributed by atoms with E-state index in [0.717, 1.165) is 39.1 Å². The number of nitrogens with two attached hydrogens (primary N) is 1. The fourth-order valence-corrected chi connectivity index (χ4v) is 2.82. The molecule has 1 aliphatic heterocycles. The lowest BCUT2D eigenvalue weighted by molar-refractivity contribution is -0.120. The minimum absolute atomic E-state index is 0.0261. The van der Waals surface area contributed by atoms with Crippen LogP contribution in [-0.2, 0) is 4.79 Å². The summed E-state index contributed by atoms with van der Waals surface area (Å²) in [5.74, 6) is -0.497. The molecule has 6 nitrogen and oxygen atoms in total. The van der Waals surface area contributed by atoms with Gasteiger partial charge in [0, 0.05) is 30.9 Å². The molecule has 2 amide bonds. The van der Waals surface area contributed by atoms with Gasteiger partial charge in [-0.15, -0.1) is 0 Å². The molecule has 1 heterocycles. The lowest BCUT2D eigenvalue weighted by atomic mass is 10.2. The maximum Gasteiger partial charge on any atom is 0.248 e. The van der Waals surface area contributed by atoms with Crippen LogP contribution in [0.1, 0.15) is 30.6 Å². The van der Waals surface area contributed by atoms with Gasteiger partial charge in [0.25, 0.3) is 0 Å². The minimum atomic E-state index is -0.471. The molecular formula is C17H26N4O2. The predicted molar refractivity (Wildman–Crippen MR) is 91.4 cm³/mol. The van der Waals surface area contributed by atoms with Gasteiger partial charge < -0.3 is 16.0 Å². The van der Waals surface area contributed by atoms with E-state index >= 15 is 0 Å². The largest absolute Gasteiger partial charge is 0.366 e. The zero-order chi connectivity index (χ0) is 16.8. The average molecular weight is 318 g/mol. The van der Waals surface area contributed by atoms with Gasteiger partial charge in [0.1, 0.15) is 0 Å². The van der Waals surface area contributed by atoms with Gasteiger partial charge in [0.2, 0.25) is 11.8 Å². The highest BCUT2D eigenvalue weighted by molar-refractivity contribution is 5.96. The van der Waals surface area contributed by atoms with Crippen LogP contribution in [0.3, 0.4) is 0 Å². The Morgan fingerprint density at radius 1 is 1.17 bits per heavy atom. The van der Waals surface area contributed by atoms with E-state index in [1.807, 2.05) is 6.92 Å². The molecule has 6 heteroatoms. The van der Waals surface area contributed by atoms with E-state index in [1.165, 1.54) is 0 Å². The standard InChI is InChI=1S/C17H26N4O2/c1-3-20-9-4-10-21(12-11-20)13(2)17(23)19-15-7-5-14(6-8-15)16(18)22/h5-8,13H,3-4,9-12H2,1-2H3,(H2,18,22)(H,19,23)/t13-/m0/s1. The van der Waals surface area contributed by atoms with Crippen molar-refractivity contribution in [3.8, 4) is 0 Å². The number of rotatable bonds is 5. The molecule has 1 aromatic carbocycles. The van der Waals surface area contributed by atoms with Crippen LogP contribution in [0, 0.1) is 0 Å². The second-order valence-corrected chi connectivity index (χ2v) is 5.93. The Hall–Kier alpha value is -1.92. The third-order valence-electron chi connectivity index (χ3n) is 4.43. The van der Waals surface area contributed by atoms with Crippen molar-refractivity contribution in [1.29, 1.82) is 0 Å². The summed E-state index contributed by atoms with van der Waals surface area (Å²) in [4.78, 5) is 28.1. The Labute approximate surface area is 137 Å². The summed E-state index contributed by atoms with van der Waals surface area (Å²) in [6.07, 6.45) is 1.08. The number of likely N-dealkylation sites (N-methyl/N-ethyl adjacent to an activating group) is 1. The highest BCUT2D eigenvalue weighted by Crippen LogP contribution is 2.12. The molecule has 126 valence electrons. The molecule has 0 aromatic heterocycles. The highest BCUT2D eigenvalue weighted by Gasteiger charge is 2.23. The second-order valence-electron chi connectivity index (χ2n) is 5.93. The van der Waals surface area contributed by atoms with Crippen molar-refractivity contribution in [2.45, 2.75) is 26.3 Å². The van der Waals surface area contributed by atoms with E-state index in [2.05, 4.69) is 22.0 Å². The van der Waals surface area contributed by atoms with Crippen LogP contribution >= 0.6 is 0 Å². The summed E-state index contributed by atoms with van der Waals surface area (Å²) < 4.78 is 0. The molecule has 0 radical (unpaired) electrons. The number of carbonyl (C=O) groups excluding carboxylic acids is 2. The lowest BCUT2D eigenvalue weighted by Crippen LogP contribution is -2.43. The van der Waals surface area contributed by atoms with E-state index in [0.29, 0.717) is 11.3 Å². The quantitative estimate of drug-likeness (QED) is 0.853. The first kappa shape index (κ1) is 17.4. The molecule has 23 heavy (non-hydrogen) atoms. The molecule has 0 spiro atoms. The minimum Gasteiger partial charge on any atom is -0.366 e. The Balaban J connectivity index is 1.92. The molecule has 1 fully saturated rings. The molecule has 1 aliphatic rings. The van der Waals surface area contributed by atoms with E-state index in [-0.39, 0.29) is 11.9 Å². The molecule has 1 saturated heterocycles. The van der Waals surface area contributed by atoms with Gasteiger partial charge in [0.15, 0.2) is 0 Å². The molecule has 3 N–H and O–H groups in total. The molecular weight excluding hydrogens is 292 g/mol. The van der Waals surface area contributed by atoms with Gasteiger partial charge in [-0.05, 0) is 50.7 Å². The Morgan fingerprint density at radius 3 is 2.48 bits per heavy atom. The number of nitrogens with zero attached hydrogens (tertiary/aromatic N) is 2. The van der Waals surface area contributed by atoms with Gasteiger partial charge in [0.05, 0.1) is 6.04 Å². The average Bonchev–Trinajstić information content (AvgIpc) is 2.80. The predicted octanol–water partition coefficient (Wildman–Crippen LogP) is 1.14. The zero-order valence-electron chi connectivity index (χ0n) is 13.9. The van der Waals surface area contributed by atoms with Crippen LogP contribution in [0.15, 0.2) is 24.3 Å². The summed E-state index contributed by atoms with van der Waals surface area (Å²) in [5.41, 5.74) is 6.32. The van der Waals surface area contributed by atoms with Crippen molar-refractivity contribution in [3.63, 3.8) is 0 Å². The van der Waals surface area contributed by atoms with E-state index in [9.17, 15) is 9.59 Å². The topological polar surface area (TPSA) is 78.7 Å². The fourth-order valence-electron chi connectivity index (χ4n) is 2.82. The summed E-state index contributed by atoms with van der Waals surface area (Å²) in [6.45, 7) is 9.10. The summed E-state index contributed by atoms with van der Waals surface area (Å²) in [6, 6.07) is 6.46. The lowest BCUT2D eigenvalue weighted by Gasteiger charge is -2.26. The van der Waals surface area contributed by atoms with Crippen LogP contribution in [0.25, 0.3) is 0 Å². The van der Waals surface area contributed by atoms with E-state index < -0.39 is 5.91 Å². The molecule has 0 bridgehead atoms. The van der Waals surface area contributed by atoms with Crippen LogP contribution < -0.4 is 11.1 Å². The van der Waals surface area contributed by atoms with Gasteiger partial charge in [-0.3, -0.25) is 14.5 Å². The van der Waals surface area contributed by atoms with Crippen LogP contribution in [-0.4, -0.2) is 60.4 Å². The Kier molecular flexibility index (Phi) is 6.12. The first-order valence-corrected chi connectivity index (χ1v) is 8.18. The molecule has 2 rings (SSSR count). The third kappa shape index (κ3) is 4.77. The molecule has 1 atom stereocenters. The van der Waals surface area contributed by atoms with Crippen molar-refractivity contribution < 1.29 is 9.59 Å².